The van der Waals surface area contributed by atoms with E-state index in [-0.39, 0.29) is 12.1 Å². The summed E-state index contributed by atoms with van der Waals surface area (Å²) in [6.07, 6.45) is 3.43. The van der Waals surface area contributed by atoms with Crippen LogP contribution in [0.1, 0.15) is 30.9 Å². The van der Waals surface area contributed by atoms with Crippen LogP contribution in [0.4, 0.5) is 4.79 Å². The van der Waals surface area contributed by atoms with Crippen LogP contribution in [0, 0.1) is 5.92 Å². The number of hydrogen-bond donors (Lipinski definition) is 1. The van der Waals surface area contributed by atoms with Gasteiger partial charge in [-0.2, -0.15) is 11.8 Å². The number of nitrogens with one attached hydrogen (secondary N) is 1. The molecule has 130 valence electrons. The minimum Gasteiger partial charge on any atom is -0.486 e. The molecule has 5 nitrogen and oxygen atoms in total. The fourth-order valence-electron chi connectivity index (χ4n) is 3.33. The van der Waals surface area contributed by atoms with Gasteiger partial charge in [-0.05, 0) is 48.6 Å². The molecule has 6 heteroatoms. The molecule has 2 fully saturated rings. The Morgan fingerprint density at radius 1 is 1.17 bits per heavy atom. The van der Waals surface area contributed by atoms with Crippen molar-refractivity contribution in [1.82, 2.24) is 10.2 Å². The zero-order chi connectivity index (χ0) is 16.4. The third kappa shape index (κ3) is 3.58. The average molecular weight is 348 g/mol. The number of thioether (sulfide) groups is 1. The van der Waals surface area contributed by atoms with Crippen molar-refractivity contribution in [3.63, 3.8) is 0 Å². The smallest absolute Gasteiger partial charge is 0.317 e. The van der Waals surface area contributed by atoms with Gasteiger partial charge in [0.15, 0.2) is 11.5 Å². The summed E-state index contributed by atoms with van der Waals surface area (Å²) in [5, 5.41) is 3.28. The van der Waals surface area contributed by atoms with Gasteiger partial charge in [0.25, 0.3) is 0 Å². The highest BCUT2D eigenvalue weighted by atomic mass is 32.2. The van der Waals surface area contributed by atoms with Gasteiger partial charge in [-0.15, -0.1) is 0 Å². The Hall–Kier alpha value is -1.56. The molecule has 24 heavy (non-hydrogen) atoms. The van der Waals surface area contributed by atoms with Crippen molar-refractivity contribution in [3.8, 4) is 11.5 Å². The quantitative estimate of drug-likeness (QED) is 0.912. The maximum Gasteiger partial charge on any atom is 0.317 e. The van der Waals surface area contributed by atoms with Crippen LogP contribution in [0.15, 0.2) is 18.2 Å². The van der Waals surface area contributed by atoms with E-state index in [1.54, 1.807) is 0 Å². The maximum absolute atomic E-state index is 12.7. The molecule has 1 atom stereocenters. The van der Waals surface area contributed by atoms with E-state index in [9.17, 15) is 4.79 Å². The fourth-order valence-corrected chi connectivity index (χ4v) is 4.22. The summed E-state index contributed by atoms with van der Waals surface area (Å²) in [6, 6.07) is 6.22. The summed E-state index contributed by atoms with van der Waals surface area (Å²) in [4.78, 5) is 14.7. The standard InChI is InChI=1S/C18H24N2O3S/c21-18(20-6-1-10-24-11-7-20)19-17(13-2-3-13)14-4-5-15-16(12-14)23-9-8-22-15/h4-5,12-13,17H,1-3,6-11H2,(H,19,21)/t17-/m1/s1. The number of fused-ring (bicyclic) bond motifs is 1. The van der Waals surface area contributed by atoms with Crippen molar-refractivity contribution in [2.24, 2.45) is 5.92 Å². The number of carbonyl (C=O) groups excluding carboxylic acids is 1. The molecule has 1 N–H and O–H groups in total. The molecule has 0 bridgehead atoms. The predicted molar refractivity (Wildman–Crippen MR) is 94.9 cm³/mol. The van der Waals surface area contributed by atoms with Gasteiger partial charge < -0.3 is 19.7 Å². The Labute approximate surface area is 147 Å². The van der Waals surface area contributed by atoms with E-state index in [0.717, 1.165) is 48.1 Å². The van der Waals surface area contributed by atoms with Gasteiger partial charge in [0.2, 0.25) is 0 Å². The minimum absolute atomic E-state index is 0.0734. The molecule has 0 unspecified atom stereocenters. The van der Waals surface area contributed by atoms with Crippen LogP contribution >= 0.6 is 11.8 Å². The Morgan fingerprint density at radius 3 is 2.83 bits per heavy atom. The van der Waals surface area contributed by atoms with E-state index in [4.69, 9.17) is 9.47 Å². The van der Waals surface area contributed by atoms with Crippen LogP contribution < -0.4 is 14.8 Å². The predicted octanol–water partition coefficient (Wildman–Crippen LogP) is 3.06. The highest BCUT2D eigenvalue weighted by Crippen LogP contribution is 2.43. The van der Waals surface area contributed by atoms with E-state index in [1.807, 2.05) is 28.8 Å². The molecule has 4 rings (SSSR count). The highest BCUT2D eigenvalue weighted by Gasteiger charge is 2.35. The van der Waals surface area contributed by atoms with Gasteiger partial charge in [0, 0.05) is 18.8 Å². The number of amides is 2. The lowest BCUT2D eigenvalue weighted by molar-refractivity contribution is 0.171. The molecule has 2 aliphatic heterocycles. The van der Waals surface area contributed by atoms with Crippen LogP contribution in [0.25, 0.3) is 0 Å². The minimum atomic E-state index is 0.0734. The molecule has 0 aromatic heterocycles. The van der Waals surface area contributed by atoms with Crippen molar-refractivity contribution < 1.29 is 14.3 Å². The third-order valence-corrected chi connectivity index (χ3v) is 5.86. The van der Waals surface area contributed by atoms with Crippen LogP contribution in [0.5, 0.6) is 11.5 Å². The second-order valence-corrected chi connectivity index (χ2v) is 7.85. The largest absolute Gasteiger partial charge is 0.486 e. The number of nitrogens with zero attached hydrogens (tertiary/aromatic N) is 1. The summed E-state index contributed by atoms with van der Waals surface area (Å²) in [6.45, 7) is 2.89. The summed E-state index contributed by atoms with van der Waals surface area (Å²) in [7, 11) is 0. The first-order chi connectivity index (χ1) is 11.8. The number of rotatable bonds is 3. The van der Waals surface area contributed by atoms with Crippen LogP contribution in [0.3, 0.4) is 0 Å². The molecule has 1 saturated heterocycles. The zero-order valence-corrected chi connectivity index (χ0v) is 14.6. The first kappa shape index (κ1) is 15.9. The Balaban J connectivity index is 1.49. The first-order valence-electron chi connectivity index (χ1n) is 8.84. The van der Waals surface area contributed by atoms with E-state index in [1.165, 1.54) is 12.8 Å². The molecular formula is C18H24N2O3S. The Morgan fingerprint density at radius 2 is 2.00 bits per heavy atom. The van der Waals surface area contributed by atoms with E-state index >= 15 is 0 Å². The third-order valence-electron chi connectivity index (χ3n) is 4.81. The van der Waals surface area contributed by atoms with E-state index in [2.05, 4.69) is 11.4 Å². The molecule has 1 aliphatic carbocycles. The fraction of sp³-hybridized carbons (Fsp3) is 0.611. The Kier molecular flexibility index (Phi) is 4.74. The summed E-state index contributed by atoms with van der Waals surface area (Å²) in [5.74, 6) is 4.32. The normalized spacial score (nSPS) is 21.8. The molecule has 3 aliphatic rings. The molecular weight excluding hydrogens is 324 g/mol. The molecule has 0 radical (unpaired) electrons. The molecule has 1 saturated carbocycles. The monoisotopic (exact) mass is 348 g/mol. The van der Waals surface area contributed by atoms with Gasteiger partial charge in [0.1, 0.15) is 13.2 Å². The van der Waals surface area contributed by atoms with Crippen molar-refractivity contribution >= 4 is 17.8 Å². The van der Waals surface area contributed by atoms with Crippen molar-refractivity contribution in [1.29, 1.82) is 0 Å². The molecule has 0 spiro atoms. The molecule has 2 amide bonds. The number of carbonyl (C=O) groups is 1. The number of hydrogen-bond acceptors (Lipinski definition) is 4. The molecule has 2 heterocycles. The second-order valence-electron chi connectivity index (χ2n) is 6.62. The van der Waals surface area contributed by atoms with Gasteiger partial charge in [-0.25, -0.2) is 4.79 Å². The number of benzene rings is 1. The zero-order valence-electron chi connectivity index (χ0n) is 13.8. The molecule has 1 aromatic rings. The number of urea groups is 1. The molecule has 1 aromatic carbocycles. The topological polar surface area (TPSA) is 50.8 Å². The van der Waals surface area contributed by atoms with Crippen molar-refractivity contribution in [2.45, 2.75) is 25.3 Å². The number of ether oxygens (including phenoxy) is 2. The van der Waals surface area contributed by atoms with Gasteiger partial charge in [0.05, 0.1) is 6.04 Å². The van der Waals surface area contributed by atoms with Crippen LogP contribution in [-0.4, -0.2) is 48.7 Å². The summed E-state index contributed by atoms with van der Waals surface area (Å²) < 4.78 is 11.3. The van der Waals surface area contributed by atoms with Gasteiger partial charge >= 0.3 is 6.03 Å². The van der Waals surface area contributed by atoms with Crippen molar-refractivity contribution in [3.05, 3.63) is 23.8 Å². The lowest BCUT2D eigenvalue weighted by Gasteiger charge is -2.26. The average Bonchev–Trinajstić information content (AvgIpc) is 3.45. The maximum atomic E-state index is 12.7. The highest BCUT2D eigenvalue weighted by molar-refractivity contribution is 7.99. The van der Waals surface area contributed by atoms with E-state index in [0.29, 0.717) is 19.1 Å². The lowest BCUT2D eigenvalue weighted by Crippen LogP contribution is -2.43. The summed E-state index contributed by atoms with van der Waals surface area (Å²) >= 11 is 1.93. The van der Waals surface area contributed by atoms with Gasteiger partial charge in [-0.3, -0.25) is 0 Å². The lowest BCUT2D eigenvalue weighted by atomic mass is 10.0. The Bertz CT molecular complexity index is 598. The SMILES string of the molecule is O=C(N[C@@H](c1ccc2c(c1)OCCO2)C1CC1)N1CCCSCC1. The van der Waals surface area contributed by atoms with Crippen molar-refractivity contribution in [2.75, 3.05) is 37.8 Å². The van der Waals surface area contributed by atoms with Crippen LogP contribution in [0.2, 0.25) is 0 Å². The summed E-state index contributed by atoms with van der Waals surface area (Å²) in [5.41, 5.74) is 1.12. The first-order valence-corrected chi connectivity index (χ1v) is 9.99. The van der Waals surface area contributed by atoms with Crippen LogP contribution in [-0.2, 0) is 0 Å². The second kappa shape index (κ2) is 7.13. The van der Waals surface area contributed by atoms with E-state index < -0.39 is 0 Å². The van der Waals surface area contributed by atoms with Gasteiger partial charge in [-0.1, -0.05) is 6.07 Å².